The highest BCUT2D eigenvalue weighted by Crippen LogP contribution is 2.77. The predicted molar refractivity (Wildman–Crippen MR) is 170 cm³/mol. The summed E-state index contributed by atoms with van der Waals surface area (Å²) in [4.78, 5) is 31.3. The van der Waals surface area contributed by atoms with Gasteiger partial charge in [0.25, 0.3) is 5.91 Å². The lowest BCUT2D eigenvalue weighted by atomic mass is 9.32. The van der Waals surface area contributed by atoms with Crippen LogP contribution in [0, 0.1) is 62.6 Å². The smallest absolute Gasteiger partial charge is 0.253 e. The number of amides is 1. The van der Waals surface area contributed by atoms with Gasteiger partial charge in [-0.2, -0.15) is 0 Å². The van der Waals surface area contributed by atoms with Crippen LogP contribution in [0.25, 0.3) is 0 Å². The maximum absolute atomic E-state index is 14.3. The lowest BCUT2D eigenvalue weighted by Gasteiger charge is -2.73. The molecule has 0 saturated heterocycles. The van der Waals surface area contributed by atoms with Gasteiger partial charge in [0.15, 0.2) is 5.78 Å². The zero-order chi connectivity index (χ0) is 30.3. The van der Waals surface area contributed by atoms with Crippen LogP contribution in [0.3, 0.4) is 0 Å². The van der Waals surface area contributed by atoms with Gasteiger partial charge in [-0.15, -0.1) is 0 Å². The van der Waals surface area contributed by atoms with Crippen molar-refractivity contribution in [1.29, 1.82) is 0 Å². The third-order valence-corrected chi connectivity index (χ3v) is 15.5. The molecular weight excluding hydrogens is 516 g/mol. The number of aromatic nitrogens is 1. The Bertz CT molecular complexity index is 1250. The Hall–Kier alpha value is -1.97. The van der Waals surface area contributed by atoms with Crippen LogP contribution in [0.1, 0.15) is 123 Å². The van der Waals surface area contributed by atoms with Gasteiger partial charge in [-0.05, 0) is 140 Å². The molecule has 1 aromatic rings. The van der Waals surface area contributed by atoms with Gasteiger partial charge in [0.1, 0.15) is 0 Å². The van der Waals surface area contributed by atoms with E-state index in [2.05, 4.69) is 65.3 Å². The first-order valence-electron chi connectivity index (χ1n) is 17.1. The molecule has 230 valence electrons. The summed E-state index contributed by atoms with van der Waals surface area (Å²) in [6, 6.07) is 3.52. The van der Waals surface area contributed by atoms with Gasteiger partial charge < -0.3 is 5.32 Å². The minimum absolute atomic E-state index is 0.115. The first-order chi connectivity index (χ1) is 19.7. The van der Waals surface area contributed by atoms with Crippen molar-refractivity contribution < 1.29 is 9.59 Å². The van der Waals surface area contributed by atoms with Crippen LogP contribution in [0.2, 0.25) is 0 Å². The summed E-state index contributed by atoms with van der Waals surface area (Å²) in [6.07, 6.45) is 15.3. The zero-order valence-corrected chi connectivity index (χ0v) is 27.5. The maximum atomic E-state index is 14.3. The molecule has 5 fully saturated rings. The van der Waals surface area contributed by atoms with Gasteiger partial charge in [0.2, 0.25) is 0 Å². The Morgan fingerprint density at radius 3 is 2.38 bits per heavy atom. The monoisotopic (exact) mass is 572 g/mol. The molecule has 10 atom stereocenters. The quantitative estimate of drug-likeness (QED) is 0.359. The number of pyridine rings is 1. The minimum Gasteiger partial charge on any atom is -0.345 e. The topological polar surface area (TPSA) is 59.1 Å². The largest absolute Gasteiger partial charge is 0.345 e. The molecule has 4 nitrogen and oxygen atoms in total. The Morgan fingerprint density at radius 2 is 1.69 bits per heavy atom. The predicted octanol–water partition coefficient (Wildman–Crippen LogP) is 8.67. The van der Waals surface area contributed by atoms with E-state index in [1.807, 2.05) is 0 Å². The van der Waals surface area contributed by atoms with E-state index in [4.69, 9.17) is 0 Å². The molecule has 0 bridgehead atoms. The number of ketones is 1. The molecule has 6 rings (SSSR count). The Balaban J connectivity index is 1.31. The second-order valence-electron chi connectivity index (χ2n) is 17.0. The molecule has 4 heteroatoms. The van der Waals surface area contributed by atoms with E-state index < -0.39 is 0 Å². The molecule has 5 aliphatic carbocycles. The summed E-state index contributed by atoms with van der Waals surface area (Å²) >= 11 is 0. The van der Waals surface area contributed by atoms with Crippen LogP contribution in [0.15, 0.2) is 36.7 Å². The standard InChI is InChI=1S/C38H56N2O2/c1-24(2)27-14-18-38(31(41)23-40-33(42)26-10-9-21-39-22-26)20-19-36(7)28(32(27)38)11-12-30-35(6)16-13-25(3)34(4,5)29(35)15-17-37(30,36)8/h9-10,21-22,25,27-30,32H,1,11-20,23H2,2-8H3,(H,40,42)/t25-,27-,28+,29-,30+,32+,35-,36+,37+,38+/m0/s1. The van der Waals surface area contributed by atoms with Crippen molar-refractivity contribution in [2.24, 2.45) is 62.6 Å². The summed E-state index contributed by atoms with van der Waals surface area (Å²) in [6.45, 7) is 22.5. The van der Waals surface area contributed by atoms with Crippen molar-refractivity contribution in [3.63, 3.8) is 0 Å². The molecular formula is C38H56N2O2. The molecule has 0 aromatic carbocycles. The number of nitrogens with one attached hydrogen (secondary N) is 1. The molecule has 42 heavy (non-hydrogen) atoms. The van der Waals surface area contributed by atoms with Crippen LogP contribution >= 0.6 is 0 Å². The highest BCUT2D eigenvalue weighted by molar-refractivity contribution is 5.97. The van der Waals surface area contributed by atoms with Crippen LogP contribution < -0.4 is 5.32 Å². The number of fused-ring (bicyclic) bond motifs is 7. The highest BCUT2D eigenvalue weighted by atomic mass is 16.2. The normalized spacial score (nSPS) is 45.5. The summed E-state index contributed by atoms with van der Waals surface area (Å²) < 4.78 is 0. The third kappa shape index (κ3) is 4.01. The summed E-state index contributed by atoms with van der Waals surface area (Å²) in [7, 11) is 0. The van der Waals surface area contributed by atoms with E-state index >= 15 is 0 Å². The molecule has 5 saturated carbocycles. The average molecular weight is 573 g/mol. The number of nitrogens with zero attached hydrogens (tertiary/aromatic N) is 1. The van der Waals surface area contributed by atoms with E-state index in [1.54, 1.807) is 24.5 Å². The van der Waals surface area contributed by atoms with E-state index in [9.17, 15) is 9.59 Å². The van der Waals surface area contributed by atoms with Crippen molar-refractivity contribution in [2.75, 3.05) is 6.54 Å². The lowest BCUT2D eigenvalue weighted by Crippen LogP contribution is -2.66. The van der Waals surface area contributed by atoms with Gasteiger partial charge in [-0.25, -0.2) is 0 Å². The number of hydrogen-bond donors (Lipinski definition) is 1. The van der Waals surface area contributed by atoms with Crippen molar-refractivity contribution in [1.82, 2.24) is 10.3 Å². The Kier molecular flexibility index (Phi) is 7.18. The van der Waals surface area contributed by atoms with Gasteiger partial charge in [0.05, 0.1) is 12.1 Å². The summed E-state index contributed by atoms with van der Waals surface area (Å²) in [5.41, 5.74) is 2.74. The van der Waals surface area contributed by atoms with E-state index in [1.165, 1.54) is 44.1 Å². The van der Waals surface area contributed by atoms with E-state index in [0.717, 1.165) is 43.4 Å². The van der Waals surface area contributed by atoms with Crippen LogP contribution in [0.4, 0.5) is 0 Å². The SMILES string of the molecule is C=C(C)[C@@H]1CC[C@]2(C(=O)CNC(=O)c3cccnc3)CC[C@]3(C)[C@H](CC[C@@H]4[C@@]5(C)CC[C@H](C)C(C)(C)[C@@H]5CC[C@]43C)[C@@H]12. The number of carbonyl (C=O) groups is 2. The molecule has 1 amide bonds. The molecule has 5 aliphatic rings. The lowest BCUT2D eigenvalue weighted by molar-refractivity contribution is -0.240. The van der Waals surface area contributed by atoms with Gasteiger partial charge >= 0.3 is 0 Å². The van der Waals surface area contributed by atoms with Gasteiger partial charge in [0, 0.05) is 17.8 Å². The van der Waals surface area contributed by atoms with Crippen molar-refractivity contribution in [3.05, 3.63) is 42.2 Å². The second-order valence-corrected chi connectivity index (χ2v) is 17.0. The third-order valence-electron chi connectivity index (χ3n) is 15.5. The number of hydrogen-bond acceptors (Lipinski definition) is 3. The van der Waals surface area contributed by atoms with Gasteiger partial charge in [-0.3, -0.25) is 14.6 Å². The van der Waals surface area contributed by atoms with Crippen molar-refractivity contribution >= 4 is 11.7 Å². The van der Waals surface area contributed by atoms with Gasteiger partial charge in [-0.1, -0.05) is 53.7 Å². The molecule has 1 aromatic heterocycles. The number of allylic oxidation sites excluding steroid dienone is 1. The van der Waals surface area contributed by atoms with E-state index in [0.29, 0.717) is 39.6 Å². The Morgan fingerprint density at radius 1 is 0.929 bits per heavy atom. The summed E-state index contributed by atoms with van der Waals surface area (Å²) in [5, 5.41) is 2.98. The molecule has 1 heterocycles. The average Bonchev–Trinajstić information content (AvgIpc) is 3.36. The molecule has 0 radical (unpaired) electrons. The van der Waals surface area contributed by atoms with Crippen molar-refractivity contribution in [2.45, 2.75) is 113 Å². The highest BCUT2D eigenvalue weighted by Gasteiger charge is 2.71. The minimum atomic E-state index is -0.345. The molecule has 0 unspecified atom stereocenters. The molecule has 0 spiro atoms. The van der Waals surface area contributed by atoms with Crippen LogP contribution in [-0.2, 0) is 4.79 Å². The van der Waals surface area contributed by atoms with Crippen molar-refractivity contribution in [3.8, 4) is 0 Å². The fourth-order valence-electron chi connectivity index (χ4n) is 12.7. The number of Topliss-reactive ketones (excluding diaryl/α,β-unsaturated/α-hetero) is 1. The van der Waals surface area contributed by atoms with Crippen LogP contribution in [-0.4, -0.2) is 23.2 Å². The number of carbonyl (C=O) groups excluding carboxylic acids is 2. The molecule has 0 aliphatic heterocycles. The first kappa shape index (κ1) is 30.1. The fourth-order valence-corrected chi connectivity index (χ4v) is 12.7. The number of rotatable bonds is 5. The van der Waals surface area contributed by atoms with Crippen LogP contribution in [0.5, 0.6) is 0 Å². The second kappa shape index (κ2) is 10.0. The first-order valence-corrected chi connectivity index (χ1v) is 17.1. The fraction of sp³-hybridized carbons (Fsp3) is 0.763. The Labute approximate surface area is 255 Å². The van der Waals surface area contributed by atoms with E-state index in [-0.39, 0.29) is 29.1 Å². The zero-order valence-electron chi connectivity index (χ0n) is 27.5. The molecule has 1 N–H and O–H groups in total. The maximum Gasteiger partial charge on any atom is 0.253 e. The summed E-state index contributed by atoms with van der Waals surface area (Å²) in [5.74, 6) is 3.66.